The topological polar surface area (TPSA) is 63.8 Å². The summed E-state index contributed by atoms with van der Waals surface area (Å²) in [7, 11) is 0. The Kier molecular flexibility index (Phi) is 5.55. The minimum atomic E-state index is 0.382. The van der Waals surface area contributed by atoms with E-state index in [-0.39, 0.29) is 0 Å². The molecule has 0 aliphatic carbocycles. The van der Waals surface area contributed by atoms with E-state index >= 15 is 0 Å². The predicted molar refractivity (Wildman–Crippen MR) is 76.6 cm³/mol. The van der Waals surface area contributed by atoms with Gasteiger partial charge in [-0.1, -0.05) is 6.92 Å². The maximum atomic E-state index is 5.91. The summed E-state index contributed by atoms with van der Waals surface area (Å²) < 4.78 is 0. The summed E-state index contributed by atoms with van der Waals surface area (Å²) in [5.41, 5.74) is 6.85. The smallest absolute Gasteiger partial charge is 0.135 e. The molecule has 17 heavy (non-hydrogen) atoms. The van der Waals surface area contributed by atoms with Crippen LogP contribution in [0.25, 0.3) is 0 Å². The fourth-order valence-corrected chi connectivity index (χ4v) is 2.17. The van der Waals surface area contributed by atoms with Crippen molar-refractivity contribution >= 4 is 23.4 Å². The van der Waals surface area contributed by atoms with Gasteiger partial charge in [0, 0.05) is 23.8 Å². The lowest BCUT2D eigenvalue weighted by atomic mass is 10.2. The zero-order valence-electron chi connectivity index (χ0n) is 11.1. The molecule has 1 heterocycles. The van der Waals surface area contributed by atoms with Crippen LogP contribution in [0.1, 0.15) is 31.7 Å². The van der Waals surface area contributed by atoms with Gasteiger partial charge >= 0.3 is 0 Å². The average Bonchev–Trinajstić information content (AvgIpc) is 2.26. The molecule has 0 fully saturated rings. The molecule has 1 aromatic rings. The lowest BCUT2D eigenvalue weighted by molar-refractivity contribution is 0.823. The lowest BCUT2D eigenvalue weighted by Gasteiger charge is -2.16. The van der Waals surface area contributed by atoms with Gasteiger partial charge in [-0.25, -0.2) is 9.97 Å². The number of rotatable bonds is 6. The van der Waals surface area contributed by atoms with Crippen molar-refractivity contribution in [1.82, 2.24) is 9.97 Å². The van der Waals surface area contributed by atoms with Crippen LogP contribution < -0.4 is 11.1 Å². The van der Waals surface area contributed by atoms with Gasteiger partial charge in [-0.15, -0.1) is 0 Å². The second kappa shape index (κ2) is 6.69. The number of aryl methyl sites for hydroxylation is 1. The SMILES string of the molecule is CCCc1nc(N)c(C)c(NC(C)CSC)n1. The molecule has 1 unspecified atom stereocenters. The lowest BCUT2D eigenvalue weighted by Crippen LogP contribution is -2.20. The quantitative estimate of drug-likeness (QED) is 0.816. The first-order chi connectivity index (χ1) is 8.08. The second-order valence-electron chi connectivity index (χ2n) is 4.25. The number of anilines is 2. The number of hydrogen-bond acceptors (Lipinski definition) is 5. The molecular formula is C12H22N4S. The fourth-order valence-electron chi connectivity index (χ4n) is 1.58. The van der Waals surface area contributed by atoms with Crippen molar-refractivity contribution in [2.75, 3.05) is 23.1 Å². The molecule has 1 atom stereocenters. The molecule has 0 bridgehead atoms. The van der Waals surface area contributed by atoms with Gasteiger partial charge in [0.25, 0.3) is 0 Å². The van der Waals surface area contributed by atoms with Crippen molar-refractivity contribution in [3.05, 3.63) is 11.4 Å². The van der Waals surface area contributed by atoms with E-state index < -0.39 is 0 Å². The molecule has 4 nitrogen and oxygen atoms in total. The van der Waals surface area contributed by atoms with E-state index in [1.807, 2.05) is 18.7 Å². The third-order valence-corrected chi connectivity index (χ3v) is 3.34. The molecule has 0 saturated carbocycles. The van der Waals surface area contributed by atoms with Gasteiger partial charge in [-0.05, 0) is 26.5 Å². The van der Waals surface area contributed by atoms with E-state index in [0.717, 1.165) is 35.8 Å². The number of thioether (sulfide) groups is 1. The molecule has 1 aromatic heterocycles. The van der Waals surface area contributed by atoms with E-state index in [0.29, 0.717) is 11.9 Å². The Labute approximate surface area is 108 Å². The monoisotopic (exact) mass is 254 g/mol. The summed E-state index contributed by atoms with van der Waals surface area (Å²) in [5.74, 6) is 3.34. The maximum absolute atomic E-state index is 5.91. The van der Waals surface area contributed by atoms with Crippen LogP contribution in [-0.4, -0.2) is 28.0 Å². The summed E-state index contributed by atoms with van der Waals surface area (Å²) in [6.07, 6.45) is 4.00. The van der Waals surface area contributed by atoms with Gasteiger partial charge in [-0.2, -0.15) is 11.8 Å². The Hall–Kier alpha value is -0.970. The van der Waals surface area contributed by atoms with E-state index in [1.54, 1.807) is 0 Å². The van der Waals surface area contributed by atoms with E-state index in [2.05, 4.69) is 35.4 Å². The van der Waals surface area contributed by atoms with Crippen LogP contribution >= 0.6 is 11.8 Å². The first-order valence-electron chi connectivity index (χ1n) is 5.96. The molecule has 3 N–H and O–H groups in total. The van der Waals surface area contributed by atoms with E-state index in [1.165, 1.54) is 0 Å². The van der Waals surface area contributed by atoms with Gasteiger partial charge < -0.3 is 11.1 Å². The summed E-state index contributed by atoms with van der Waals surface area (Å²) >= 11 is 1.82. The van der Waals surface area contributed by atoms with Crippen molar-refractivity contribution in [2.45, 2.75) is 39.7 Å². The summed E-state index contributed by atoms with van der Waals surface area (Å²) in [4.78, 5) is 8.83. The molecular weight excluding hydrogens is 232 g/mol. The average molecular weight is 254 g/mol. The highest BCUT2D eigenvalue weighted by Crippen LogP contribution is 2.19. The van der Waals surface area contributed by atoms with Gasteiger partial charge in [0.2, 0.25) is 0 Å². The third-order valence-electron chi connectivity index (χ3n) is 2.50. The Morgan fingerprint density at radius 1 is 1.41 bits per heavy atom. The minimum absolute atomic E-state index is 0.382. The zero-order chi connectivity index (χ0) is 12.8. The van der Waals surface area contributed by atoms with Crippen LogP contribution in [0, 0.1) is 6.92 Å². The van der Waals surface area contributed by atoms with Crippen LogP contribution in [0.15, 0.2) is 0 Å². The highest BCUT2D eigenvalue weighted by Gasteiger charge is 2.10. The predicted octanol–water partition coefficient (Wildman–Crippen LogP) is 2.48. The first kappa shape index (κ1) is 14.1. The highest BCUT2D eigenvalue weighted by molar-refractivity contribution is 7.98. The van der Waals surface area contributed by atoms with Crippen LogP contribution in [0.4, 0.5) is 11.6 Å². The van der Waals surface area contributed by atoms with Gasteiger partial charge in [0.05, 0.1) is 0 Å². The largest absolute Gasteiger partial charge is 0.383 e. The molecule has 0 aliphatic heterocycles. The molecule has 96 valence electrons. The molecule has 0 saturated heterocycles. The van der Waals surface area contributed by atoms with Crippen molar-refractivity contribution in [1.29, 1.82) is 0 Å². The van der Waals surface area contributed by atoms with Crippen molar-refractivity contribution in [2.24, 2.45) is 0 Å². The number of nitrogen functional groups attached to an aromatic ring is 1. The number of nitrogens with zero attached hydrogens (tertiary/aromatic N) is 2. The molecule has 0 aliphatic rings. The summed E-state index contributed by atoms with van der Waals surface area (Å²) in [5, 5.41) is 3.40. The molecule has 1 rings (SSSR count). The Morgan fingerprint density at radius 2 is 2.12 bits per heavy atom. The van der Waals surface area contributed by atoms with Crippen LogP contribution in [0.2, 0.25) is 0 Å². The van der Waals surface area contributed by atoms with Crippen LogP contribution in [0.3, 0.4) is 0 Å². The Morgan fingerprint density at radius 3 is 2.71 bits per heavy atom. The van der Waals surface area contributed by atoms with E-state index in [9.17, 15) is 0 Å². The summed E-state index contributed by atoms with van der Waals surface area (Å²) in [6, 6.07) is 0.382. The van der Waals surface area contributed by atoms with Crippen molar-refractivity contribution in [3.8, 4) is 0 Å². The zero-order valence-corrected chi connectivity index (χ0v) is 11.9. The number of hydrogen-bond donors (Lipinski definition) is 2. The molecule has 0 aromatic carbocycles. The summed E-state index contributed by atoms with van der Waals surface area (Å²) in [6.45, 7) is 6.22. The van der Waals surface area contributed by atoms with E-state index in [4.69, 9.17) is 5.73 Å². The normalized spacial score (nSPS) is 12.5. The maximum Gasteiger partial charge on any atom is 0.135 e. The molecule has 0 spiro atoms. The van der Waals surface area contributed by atoms with Crippen LogP contribution in [0.5, 0.6) is 0 Å². The number of aromatic nitrogens is 2. The Bertz CT molecular complexity index is 368. The van der Waals surface area contributed by atoms with Crippen LogP contribution in [-0.2, 0) is 6.42 Å². The number of nitrogens with one attached hydrogen (secondary N) is 1. The second-order valence-corrected chi connectivity index (χ2v) is 5.16. The molecule has 5 heteroatoms. The third kappa shape index (κ3) is 4.07. The van der Waals surface area contributed by atoms with Gasteiger partial charge in [-0.3, -0.25) is 0 Å². The standard InChI is InChI=1S/C12H22N4S/c1-5-6-10-15-11(13)9(3)12(16-10)14-8(2)7-17-4/h8H,5-7H2,1-4H3,(H3,13,14,15,16). The van der Waals surface area contributed by atoms with Crippen molar-refractivity contribution in [3.63, 3.8) is 0 Å². The molecule has 0 radical (unpaired) electrons. The van der Waals surface area contributed by atoms with Crippen molar-refractivity contribution < 1.29 is 0 Å². The molecule has 0 amide bonds. The fraction of sp³-hybridized carbons (Fsp3) is 0.667. The highest BCUT2D eigenvalue weighted by atomic mass is 32.2. The van der Waals surface area contributed by atoms with Gasteiger partial charge in [0.1, 0.15) is 17.5 Å². The number of nitrogens with two attached hydrogens (primary N) is 1. The van der Waals surface area contributed by atoms with Gasteiger partial charge in [0.15, 0.2) is 0 Å². The first-order valence-corrected chi connectivity index (χ1v) is 7.36. The minimum Gasteiger partial charge on any atom is -0.383 e. The Balaban J connectivity index is 2.88.